The van der Waals surface area contributed by atoms with Gasteiger partial charge in [0.05, 0.1) is 57.5 Å². The summed E-state index contributed by atoms with van der Waals surface area (Å²) in [5.74, 6) is 1.69. The van der Waals surface area contributed by atoms with E-state index in [0.717, 1.165) is 76.8 Å². The lowest BCUT2D eigenvalue weighted by molar-refractivity contribution is 0.421. The molecule has 0 saturated heterocycles. The molecular weight excluding hydrogens is 803 g/mol. The van der Waals surface area contributed by atoms with Crippen LogP contribution in [0.25, 0.3) is 43.6 Å². The van der Waals surface area contributed by atoms with Gasteiger partial charge in [-0.2, -0.15) is 20.4 Å². The van der Waals surface area contributed by atoms with Crippen molar-refractivity contribution in [1.82, 2.24) is 38.2 Å². The zero-order valence-corrected chi connectivity index (χ0v) is 38.0. The van der Waals surface area contributed by atoms with Crippen LogP contribution in [-0.4, -0.2) is 38.2 Å². The van der Waals surface area contributed by atoms with Crippen LogP contribution in [0.5, 0.6) is 11.5 Å². The van der Waals surface area contributed by atoms with E-state index < -0.39 is 21.9 Å². The Morgan fingerprint density at radius 2 is 0.726 bits per heavy atom. The van der Waals surface area contributed by atoms with Crippen molar-refractivity contribution < 1.29 is 4.74 Å². The molecule has 62 heavy (non-hydrogen) atoms. The Hall–Kier alpha value is -6.14. The van der Waals surface area contributed by atoms with Crippen LogP contribution in [0.2, 0.25) is 0 Å². The fourth-order valence-electron chi connectivity index (χ4n) is 8.78. The quantitative estimate of drug-likeness (QED) is 0.156. The van der Waals surface area contributed by atoms with Gasteiger partial charge in [0.15, 0.2) is 16.4 Å². The minimum absolute atomic E-state index is 0.172. The number of aromatic nitrogens is 8. The number of hydrogen-bond acceptors (Lipinski definition) is 5. The summed E-state index contributed by atoms with van der Waals surface area (Å²) in [6.07, 6.45) is 7.88. The molecule has 1 aliphatic rings. The predicted molar refractivity (Wildman–Crippen MR) is 256 cm³/mol. The van der Waals surface area contributed by atoms with E-state index in [9.17, 15) is 0 Å². The zero-order valence-electron chi connectivity index (χ0n) is 36.2. The minimum Gasteiger partial charge on any atom is -0.455 e. The van der Waals surface area contributed by atoms with Gasteiger partial charge in [0.25, 0.3) is 0 Å². The van der Waals surface area contributed by atoms with E-state index in [2.05, 4.69) is 195 Å². The lowest BCUT2D eigenvalue weighted by Gasteiger charge is -2.40. The van der Waals surface area contributed by atoms with E-state index in [-0.39, 0.29) is 10.8 Å². The summed E-state index contributed by atoms with van der Waals surface area (Å²) < 4.78 is 16.5. The van der Waals surface area contributed by atoms with E-state index in [1.54, 1.807) is 0 Å². The largest absolute Gasteiger partial charge is 0.455 e. The molecule has 0 N–H and O–H groups in total. The lowest BCUT2D eigenvalue weighted by atomic mass is 9.72. The highest BCUT2D eigenvalue weighted by molar-refractivity contribution is 7.63. The van der Waals surface area contributed by atoms with Crippen molar-refractivity contribution in [2.24, 2.45) is 0 Å². The molecule has 308 valence electrons. The molecule has 10 aromatic rings. The van der Waals surface area contributed by atoms with Gasteiger partial charge in [-0.15, -0.1) is 0 Å². The van der Waals surface area contributed by atoms with Crippen LogP contribution in [0.4, 0.5) is 0 Å². The summed E-state index contributed by atoms with van der Waals surface area (Å²) in [6.45, 7) is 18.5. The Balaban J connectivity index is 1.24. The van der Waals surface area contributed by atoms with Crippen LogP contribution in [-0.2, 0) is 16.2 Å². The summed E-state index contributed by atoms with van der Waals surface area (Å²) in [5, 5.41) is 27.1. The van der Waals surface area contributed by atoms with Crippen molar-refractivity contribution in [2.45, 2.75) is 71.6 Å². The van der Waals surface area contributed by atoms with Crippen molar-refractivity contribution in [3.05, 3.63) is 168 Å². The second-order valence-electron chi connectivity index (χ2n) is 18.9. The van der Waals surface area contributed by atoms with Gasteiger partial charge in [0.1, 0.15) is 11.5 Å². The highest BCUT2D eigenvalue weighted by Gasteiger charge is 2.43. The van der Waals surface area contributed by atoms with Gasteiger partial charge in [-0.05, 0) is 58.4 Å². The average Bonchev–Trinajstić information content (AvgIpc) is 4.07. The van der Waals surface area contributed by atoms with Gasteiger partial charge < -0.3 is 4.74 Å². The molecule has 5 heterocycles. The number of hydrogen-bond donors (Lipinski definition) is 0. The van der Waals surface area contributed by atoms with Gasteiger partial charge >= 0.3 is 0 Å². The van der Waals surface area contributed by atoms with Crippen LogP contribution in [0.3, 0.4) is 0 Å². The van der Waals surface area contributed by atoms with Gasteiger partial charge in [0.2, 0.25) is 0 Å². The topological polar surface area (TPSA) is 80.5 Å². The average molecular weight is 851 g/mol. The maximum absolute atomic E-state index is 7.78. The Morgan fingerprint density at radius 3 is 1.02 bits per heavy atom. The van der Waals surface area contributed by atoms with Crippen LogP contribution in [0.15, 0.2) is 146 Å². The fraction of sp³-hybridized carbons (Fsp3) is 0.216. The maximum Gasteiger partial charge on any atom is 0.176 e. The third-order valence-corrected chi connectivity index (χ3v) is 16.6. The van der Waals surface area contributed by atoms with Crippen molar-refractivity contribution in [1.29, 1.82) is 0 Å². The maximum atomic E-state index is 7.78. The monoisotopic (exact) mass is 850 g/mol. The van der Waals surface area contributed by atoms with E-state index in [0.29, 0.717) is 0 Å². The molecule has 0 aliphatic carbocycles. The molecule has 0 amide bonds. The van der Waals surface area contributed by atoms with Gasteiger partial charge in [-0.3, -0.25) is 0 Å². The highest BCUT2D eigenvalue weighted by atomic mass is 31.1. The molecule has 0 spiro atoms. The first kappa shape index (κ1) is 38.8. The summed E-state index contributed by atoms with van der Waals surface area (Å²) in [5.41, 5.74) is 8.07. The molecule has 0 atom stereocenters. The first-order chi connectivity index (χ1) is 29.8. The normalized spacial score (nSPS) is 14.0. The Kier molecular flexibility index (Phi) is 8.71. The molecule has 6 aromatic carbocycles. The molecule has 0 unspecified atom stereocenters. The number of fused-ring (bicyclic) bond motifs is 6. The summed E-state index contributed by atoms with van der Waals surface area (Å²) in [7, 11) is -2.99. The smallest absolute Gasteiger partial charge is 0.176 e. The number of para-hydroxylation sites is 4. The molecule has 11 heteroatoms. The Morgan fingerprint density at radius 1 is 0.435 bits per heavy atom. The van der Waals surface area contributed by atoms with Crippen LogP contribution < -0.4 is 15.3 Å². The van der Waals surface area contributed by atoms with Crippen molar-refractivity contribution >= 4 is 70.7 Å². The summed E-state index contributed by atoms with van der Waals surface area (Å²) >= 11 is 0. The van der Waals surface area contributed by atoms with Crippen molar-refractivity contribution in [3.8, 4) is 11.5 Å². The molecule has 1 aliphatic heterocycles. The Bertz CT molecular complexity index is 3010. The standard InChI is InChI=1S/C51H48N8OP2/c1-49(2,3)37-25-39-47(45(27-37)61(56-41-21-13-9-17-33(41)29-52-56)57-42-22-14-10-18-34(42)30-53-57)60-48-40(51(39,7)8)26-38(50(4,5)6)28-46(48)62(58-43-23-15-11-19-35(43)31-54-58)59-44-24-16-12-20-36(44)32-55-59/h9-32H,1-8H3. The van der Waals surface area contributed by atoms with E-state index in [1.165, 1.54) is 11.1 Å². The predicted octanol–water partition coefficient (Wildman–Crippen LogP) is 12.2. The summed E-state index contributed by atoms with van der Waals surface area (Å²) in [4.78, 5) is 0. The lowest BCUT2D eigenvalue weighted by Crippen LogP contribution is -2.34. The molecular formula is C51H48N8OP2. The molecule has 11 rings (SSSR count). The van der Waals surface area contributed by atoms with Crippen LogP contribution >= 0.6 is 16.4 Å². The molecule has 9 nitrogen and oxygen atoms in total. The molecule has 4 aromatic heterocycles. The number of benzene rings is 6. The van der Waals surface area contributed by atoms with E-state index in [4.69, 9.17) is 25.1 Å². The molecule has 0 fully saturated rings. The van der Waals surface area contributed by atoms with Crippen molar-refractivity contribution in [3.63, 3.8) is 0 Å². The number of nitrogens with zero attached hydrogens (tertiary/aromatic N) is 8. The fourth-order valence-corrected chi connectivity index (χ4v) is 13.3. The highest BCUT2D eigenvalue weighted by Crippen LogP contribution is 2.56. The second kappa shape index (κ2) is 13.9. The number of rotatable bonds is 6. The van der Waals surface area contributed by atoms with Gasteiger partial charge in [-0.1, -0.05) is 140 Å². The van der Waals surface area contributed by atoms with Crippen LogP contribution in [0, 0.1) is 0 Å². The van der Waals surface area contributed by atoms with Crippen LogP contribution in [0.1, 0.15) is 77.6 Å². The third-order valence-electron chi connectivity index (χ3n) is 12.4. The van der Waals surface area contributed by atoms with Crippen molar-refractivity contribution in [2.75, 3.05) is 0 Å². The molecule has 0 bridgehead atoms. The molecule has 0 saturated carbocycles. The Labute approximate surface area is 363 Å². The summed E-state index contributed by atoms with van der Waals surface area (Å²) in [6, 6.07) is 43.3. The first-order valence-electron chi connectivity index (χ1n) is 21.2. The number of ether oxygens (including phenoxy) is 1. The van der Waals surface area contributed by atoms with Gasteiger partial charge in [0, 0.05) is 38.1 Å². The second-order valence-corrected chi connectivity index (χ2v) is 22.6. The zero-order chi connectivity index (χ0) is 42.7. The minimum atomic E-state index is -1.49. The van der Waals surface area contributed by atoms with Gasteiger partial charge in [-0.25, -0.2) is 17.8 Å². The van der Waals surface area contributed by atoms with E-state index in [1.807, 2.05) is 24.8 Å². The molecule has 0 radical (unpaired) electrons. The first-order valence-corrected chi connectivity index (χ1v) is 23.7. The van der Waals surface area contributed by atoms with E-state index >= 15 is 0 Å². The third kappa shape index (κ3) is 6.04. The SMILES string of the molecule is CC(C)(C)c1cc(P(n2ncc3ccccc32)n2ncc3ccccc32)c2c(c1)C(C)(C)c1cc(C(C)(C)C)cc(P(n3ncc4ccccc43)n3ncc4ccccc43)c1O2.